The molecule has 0 saturated carbocycles. The topological polar surface area (TPSA) is 128 Å². The quantitative estimate of drug-likeness (QED) is 0.439. The molecule has 2 aromatic rings. The van der Waals surface area contributed by atoms with Crippen LogP contribution < -0.4 is 0 Å². The molecule has 9 nitrogen and oxygen atoms in total. The molecule has 124 valence electrons. The second-order valence-electron chi connectivity index (χ2n) is 4.20. The minimum Gasteiger partial charge on any atom is -0.450 e. The second kappa shape index (κ2) is 7.70. The SMILES string of the molecule is COCC(OC(=O)O)C(OC(=O)O)Sc1nc2ccccc2o1. The Morgan fingerprint density at radius 3 is 2.57 bits per heavy atom. The third-order valence-electron chi connectivity index (χ3n) is 2.59. The minimum atomic E-state index is -1.59. The average molecular weight is 343 g/mol. The lowest BCUT2D eigenvalue weighted by molar-refractivity contribution is -0.0371. The molecule has 2 rings (SSSR count). The van der Waals surface area contributed by atoms with Crippen LogP contribution in [-0.4, -0.2) is 52.8 Å². The van der Waals surface area contributed by atoms with Crippen LogP contribution in [0.4, 0.5) is 9.59 Å². The van der Waals surface area contributed by atoms with E-state index in [0.717, 1.165) is 11.8 Å². The lowest BCUT2D eigenvalue weighted by Crippen LogP contribution is -2.36. The van der Waals surface area contributed by atoms with Crippen LogP contribution in [0, 0.1) is 0 Å². The molecule has 0 spiro atoms. The normalized spacial score (nSPS) is 13.4. The van der Waals surface area contributed by atoms with Gasteiger partial charge >= 0.3 is 12.3 Å². The van der Waals surface area contributed by atoms with E-state index in [0.29, 0.717) is 11.1 Å². The van der Waals surface area contributed by atoms with E-state index in [1.807, 2.05) is 0 Å². The standard InChI is InChI=1S/C13H13NO8S/c1-19-6-9(21-12(15)16)10(22-13(17)18)23-11-14-7-4-2-3-5-8(7)20-11/h2-5,9-10H,6H2,1H3,(H,15,16)(H,17,18). The molecule has 1 heterocycles. The fraction of sp³-hybridized carbons (Fsp3) is 0.308. The van der Waals surface area contributed by atoms with E-state index in [-0.39, 0.29) is 11.8 Å². The Kier molecular flexibility index (Phi) is 5.66. The van der Waals surface area contributed by atoms with Gasteiger partial charge in [-0.15, -0.1) is 0 Å². The van der Waals surface area contributed by atoms with Gasteiger partial charge in [-0.25, -0.2) is 14.6 Å². The number of hydrogen-bond donors (Lipinski definition) is 2. The van der Waals surface area contributed by atoms with Crippen molar-refractivity contribution >= 4 is 35.2 Å². The van der Waals surface area contributed by atoms with E-state index in [9.17, 15) is 9.59 Å². The zero-order chi connectivity index (χ0) is 16.8. The van der Waals surface area contributed by atoms with Gasteiger partial charge in [-0.3, -0.25) is 0 Å². The first-order valence-corrected chi connectivity index (χ1v) is 7.18. The number of nitrogens with zero attached hydrogens (tertiary/aromatic N) is 1. The van der Waals surface area contributed by atoms with Crippen molar-refractivity contribution in [3.63, 3.8) is 0 Å². The Labute approximate surface area is 134 Å². The van der Waals surface area contributed by atoms with Gasteiger partial charge in [0.05, 0.1) is 6.61 Å². The van der Waals surface area contributed by atoms with E-state index in [1.54, 1.807) is 24.3 Å². The summed E-state index contributed by atoms with van der Waals surface area (Å²) in [4.78, 5) is 25.7. The van der Waals surface area contributed by atoms with Crippen LogP contribution in [0.5, 0.6) is 0 Å². The van der Waals surface area contributed by atoms with Crippen LogP contribution in [0.1, 0.15) is 0 Å². The summed E-state index contributed by atoms with van der Waals surface area (Å²) in [6.45, 7) is -0.197. The molecule has 2 unspecified atom stereocenters. The Morgan fingerprint density at radius 1 is 1.26 bits per heavy atom. The second-order valence-corrected chi connectivity index (χ2v) is 5.24. The van der Waals surface area contributed by atoms with Crippen LogP contribution in [0.3, 0.4) is 0 Å². The molecule has 1 aromatic carbocycles. The van der Waals surface area contributed by atoms with Crippen LogP contribution in [0.2, 0.25) is 0 Å². The highest BCUT2D eigenvalue weighted by molar-refractivity contribution is 7.99. The summed E-state index contributed by atoms with van der Waals surface area (Å²) < 4.78 is 19.6. The van der Waals surface area contributed by atoms with Gasteiger partial charge in [-0.1, -0.05) is 12.1 Å². The molecule has 0 radical (unpaired) electrons. The summed E-state index contributed by atoms with van der Waals surface area (Å²) in [6.07, 6.45) is -4.36. The molecule has 2 N–H and O–H groups in total. The predicted molar refractivity (Wildman–Crippen MR) is 77.5 cm³/mol. The Morgan fingerprint density at radius 2 is 1.96 bits per heavy atom. The first kappa shape index (κ1) is 16.9. The van der Waals surface area contributed by atoms with Gasteiger partial charge in [-0.05, 0) is 23.9 Å². The van der Waals surface area contributed by atoms with E-state index >= 15 is 0 Å². The van der Waals surface area contributed by atoms with Crippen LogP contribution >= 0.6 is 11.8 Å². The molecule has 0 aliphatic heterocycles. The van der Waals surface area contributed by atoms with Crippen molar-refractivity contribution in [3.8, 4) is 0 Å². The number of rotatable bonds is 7. The molecular weight excluding hydrogens is 330 g/mol. The number of oxazole rings is 1. The maximum absolute atomic E-state index is 10.8. The zero-order valence-corrected chi connectivity index (χ0v) is 12.7. The van der Waals surface area contributed by atoms with Gasteiger partial charge < -0.3 is 28.8 Å². The molecule has 23 heavy (non-hydrogen) atoms. The molecule has 10 heteroatoms. The smallest absolute Gasteiger partial charge is 0.450 e. The maximum Gasteiger partial charge on any atom is 0.507 e. The van der Waals surface area contributed by atoms with Crippen molar-refractivity contribution < 1.29 is 38.4 Å². The first-order valence-electron chi connectivity index (χ1n) is 6.30. The molecule has 1 aromatic heterocycles. The molecule has 0 amide bonds. The number of para-hydroxylation sites is 2. The molecule has 0 fully saturated rings. The first-order chi connectivity index (χ1) is 11.0. The average Bonchev–Trinajstić information content (AvgIpc) is 2.87. The fourth-order valence-electron chi connectivity index (χ4n) is 1.74. The highest BCUT2D eigenvalue weighted by Crippen LogP contribution is 2.30. The van der Waals surface area contributed by atoms with Crippen LogP contribution in [0.25, 0.3) is 11.1 Å². The zero-order valence-electron chi connectivity index (χ0n) is 11.9. The summed E-state index contributed by atoms with van der Waals surface area (Å²) in [7, 11) is 1.32. The third kappa shape index (κ3) is 4.76. The van der Waals surface area contributed by atoms with Gasteiger partial charge in [0, 0.05) is 7.11 Å². The number of fused-ring (bicyclic) bond motifs is 1. The number of carbonyl (C=O) groups is 2. The van der Waals surface area contributed by atoms with Crippen molar-refractivity contribution in [1.29, 1.82) is 0 Å². The fourth-order valence-corrected chi connectivity index (χ4v) is 2.64. The number of benzene rings is 1. The van der Waals surface area contributed by atoms with Crippen LogP contribution in [-0.2, 0) is 14.2 Å². The number of methoxy groups -OCH3 is 1. The van der Waals surface area contributed by atoms with Crippen LogP contribution in [0.15, 0.2) is 33.9 Å². The summed E-state index contributed by atoms with van der Waals surface area (Å²) in [5.74, 6) is 0. The van der Waals surface area contributed by atoms with Crippen molar-refractivity contribution in [1.82, 2.24) is 4.98 Å². The van der Waals surface area contributed by atoms with E-state index in [1.165, 1.54) is 7.11 Å². The van der Waals surface area contributed by atoms with Gasteiger partial charge in [-0.2, -0.15) is 0 Å². The third-order valence-corrected chi connectivity index (χ3v) is 3.60. The Bertz CT molecular complexity index is 654. The molecule has 0 aliphatic rings. The molecule has 0 aliphatic carbocycles. The number of hydrogen-bond acceptors (Lipinski definition) is 8. The predicted octanol–water partition coefficient (Wildman–Crippen LogP) is 2.65. The number of carboxylic acid groups (broad SMARTS) is 2. The van der Waals surface area contributed by atoms with Crippen molar-refractivity contribution in [2.75, 3.05) is 13.7 Å². The van der Waals surface area contributed by atoms with E-state index in [2.05, 4.69) is 14.5 Å². The van der Waals surface area contributed by atoms with Gasteiger partial charge in [0.1, 0.15) is 5.52 Å². The Hall–Kier alpha value is -2.46. The summed E-state index contributed by atoms with van der Waals surface area (Å²) in [6, 6.07) is 6.94. The van der Waals surface area contributed by atoms with Gasteiger partial charge in [0.15, 0.2) is 17.1 Å². The summed E-state index contributed by atoms with van der Waals surface area (Å²) >= 11 is 0.784. The number of thioether (sulfide) groups is 1. The lowest BCUT2D eigenvalue weighted by Gasteiger charge is -2.22. The van der Waals surface area contributed by atoms with Crippen molar-refractivity contribution in [2.24, 2.45) is 0 Å². The molecular formula is C13H13NO8S. The largest absolute Gasteiger partial charge is 0.507 e. The summed E-state index contributed by atoms with van der Waals surface area (Å²) in [5.41, 5.74) is -0.158. The molecule has 0 saturated heterocycles. The minimum absolute atomic E-state index is 0.118. The van der Waals surface area contributed by atoms with Crippen molar-refractivity contribution in [3.05, 3.63) is 24.3 Å². The molecule has 0 bridgehead atoms. The number of ether oxygens (including phenoxy) is 3. The Balaban J connectivity index is 2.21. The lowest BCUT2D eigenvalue weighted by atomic mass is 10.3. The highest BCUT2D eigenvalue weighted by Gasteiger charge is 2.32. The number of aromatic nitrogens is 1. The van der Waals surface area contributed by atoms with Gasteiger partial charge in [0.2, 0.25) is 0 Å². The highest BCUT2D eigenvalue weighted by atomic mass is 32.2. The molecule has 2 atom stereocenters. The van der Waals surface area contributed by atoms with E-state index in [4.69, 9.17) is 19.4 Å². The van der Waals surface area contributed by atoms with Crippen molar-refractivity contribution in [2.45, 2.75) is 16.8 Å². The maximum atomic E-state index is 10.8. The monoisotopic (exact) mass is 343 g/mol. The van der Waals surface area contributed by atoms with E-state index < -0.39 is 23.9 Å². The van der Waals surface area contributed by atoms with Gasteiger partial charge in [0.25, 0.3) is 5.22 Å². The summed E-state index contributed by atoms with van der Waals surface area (Å²) in [5, 5.41) is 17.7.